The summed E-state index contributed by atoms with van der Waals surface area (Å²) in [6.45, 7) is 7.01. The Balaban J connectivity index is 1.65. The fraction of sp³-hybridized carbons (Fsp3) is 0.353. The van der Waals surface area contributed by atoms with Gasteiger partial charge in [0.05, 0.1) is 11.4 Å². The number of aromatic nitrogens is 4. The van der Waals surface area contributed by atoms with E-state index in [2.05, 4.69) is 51.4 Å². The number of aromatic amines is 1. The van der Waals surface area contributed by atoms with Crippen LogP contribution in [-0.2, 0) is 19.5 Å². The molecule has 1 aliphatic heterocycles. The molecule has 0 saturated heterocycles. The summed E-state index contributed by atoms with van der Waals surface area (Å²) in [4.78, 5) is 14.6. The number of nitrogens with zero attached hydrogens (tertiary/aromatic N) is 4. The van der Waals surface area contributed by atoms with Crippen LogP contribution in [0.2, 0.25) is 0 Å². The lowest BCUT2D eigenvalue weighted by Crippen LogP contribution is -2.31. The quantitative estimate of drug-likeness (QED) is 0.736. The molecule has 0 radical (unpaired) electrons. The number of H-pyrrole nitrogens is 1. The third-order valence-corrected chi connectivity index (χ3v) is 4.78. The summed E-state index contributed by atoms with van der Waals surface area (Å²) in [6, 6.07) is 4.19. The van der Waals surface area contributed by atoms with Crippen LogP contribution < -0.4 is 0 Å². The number of aryl methyl sites for hydroxylation is 2. The van der Waals surface area contributed by atoms with Gasteiger partial charge in [0.2, 0.25) is 0 Å². The Morgan fingerprint density at radius 2 is 2.22 bits per heavy atom. The minimum Gasteiger partial charge on any atom is -0.334 e. The van der Waals surface area contributed by atoms with Crippen LogP contribution in [0.4, 0.5) is 0 Å². The monoisotopic (exact) mass is 325 g/mol. The van der Waals surface area contributed by atoms with Gasteiger partial charge in [-0.15, -0.1) is 0 Å². The van der Waals surface area contributed by atoms with Crippen molar-refractivity contribution >= 4 is 17.9 Å². The average Bonchev–Trinajstić information content (AvgIpc) is 2.85. The van der Waals surface area contributed by atoms with Gasteiger partial charge < -0.3 is 9.38 Å². The van der Waals surface area contributed by atoms with Gasteiger partial charge in [0.1, 0.15) is 5.65 Å². The largest absolute Gasteiger partial charge is 0.334 e. The van der Waals surface area contributed by atoms with Gasteiger partial charge in [-0.05, 0) is 37.7 Å². The highest BCUT2D eigenvalue weighted by molar-refractivity contribution is 7.71. The number of pyridine rings is 1. The van der Waals surface area contributed by atoms with E-state index in [-0.39, 0.29) is 0 Å². The lowest BCUT2D eigenvalue weighted by atomic mass is 10.1. The molecule has 5 nitrogen and oxygen atoms in total. The zero-order valence-electron chi connectivity index (χ0n) is 13.3. The van der Waals surface area contributed by atoms with Gasteiger partial charge >= 0.3 is 0 Å². The minimum absolute atomic E-state index is 0.574. The maximum atomic E-state index is 5.11. The lowest BCUT2D eigenvalue weighted by molar-refractivity contribution is 0.239. The van der Waals surface area contributed by atoms with E-state index in [0.717, 1.165) is 37.4 Å². The number of hydrogen-bond donors (Lipinski definition) is 1. The summed E-state index contributed by atoms with van der Waals surface area (Å²) in [5.74, 6) is 0. The Kier molecular flexibility index (Phi) is 3.50. The first-order valence-electron chi connectivity index (χ1n) is 7.84. The first-order chi connectivity index (χ1) is 11.1. The summed E-state index contributed by atoms with van der Waals surface area (Å²) in [7, 11) is 0. The molecule has 4 heterocycles. The van der Waals surface area contributed by atoms with E-state index in [9.17, 15) is 0 Å². The molecular formula is C17H19N5S. The lowest BCUT2D eigenvalue weighted by Gasteiger charge is -2.28. The van der Waals surface area contributed by atoms with Gasteiger partial charge in [-0.3, -0.25) is 4.90 Å². The van der Waals surface area contributed by atoms with Crippen LogP contribution in [-0.4, -0.2) is 30.8 Å². The van der Waals surface area contributed by atoms with E-state index in [1.165, 1.54) is 22.5 Å². The Morgan fingerprint density at radius 1 is 1.35 bits per heavy atom. The zero-order valence-corrected chi connectivity index (χ0v) is 14.2. The number of hydrogen-bond acceptors (Lipinski definition) is 4. The van der Waals surface area contributed by atoms with Gasteiger partial charge in [-0.1, -0.05) is 6.07 Å². The van der Waals surface area contributed by atoms with Crippen LogP contribution in [0, 0.1) is 18.6 Å². The van der Waals surface area contributed by atoms with Crippen LogP contribution in [0.5, 0.6) is 0 Å². The van der Waals surface area contributed by atoms with Gasteiger partial charge in [0.15, 0.2) is 4.77 Å². The summed E-state index contributed by atoms with van der Waals surface area (Å²) in [5, 5.41) is 0. The first-order valence-corrected chi connectivity index (χ1v) is 8.25. The van der Waals surface area contributed by atoms with Crippen molar-refractivity contribution < 1.29 is 0 Å². The van der Waals surface area contributed by atoms with Crippen molar-refractivity contribution in [1.29, 1.82) is 0 Å². The summed E-state index contributed by atoms with van der Waals surface area (Å²) >= 11 is 5.11. The van der Waals surface area contributed by atoms with Crippen molar-refractivity contribution in [2.24, 2.45) is 0 Å². The molecule has 0 aromatic carbocycles. The first kappa shape index (κ1) is 14.5. The van der Waals surface area contributed by atoms with Crippen molar-refractivity contribution in [2.45, 2.75) is 33.4 Å². The second-order valence-electron chi connectivity index (χ2n) is 6.18. The molecule has 3 aromatic heterocycles. The van der Waals surface area contributed by atoms with E-state index in [0.29, 0.717) is 4.77 Å². The van der Waals surface area contributed by atoms with E-state index >= 15 is 0 Å². The highest BCUT2D eigenvalue weighted by atomic mass is 32.1. The van der Waals surface area contributed by atoms with Crippen molar-refractivity contribution in [1.82, 2.24) is 24.3 Å². The van der Waals surface area contributed by atoms with Gasteiger partial charge in [0.25, 0.3) is 0 Å². The van der Waals surface area contributed by atoms with Crippen LogP contribution in [0.15, 0.2) is 24.5 Å². The second kappa shape index (κ2) is 5.54. The third kappa shape index (κ3) is 2.58. The van der Waals surface area contributed by atoms with Crippen molar-refractivity contribution in [3.63, 3.8) is 0 Å². The molecule has 0 spiro atoms. The highest BCUT2D eigenvalue weighted by Gasteiger charge is 2.20. The average molecular weight is 325 g/mol. The van der Waals surface area contributed by atoms with Crippen molar-refractivity contribution in [3.8, 4) is 0 Å². The van der Waals surface area contributed by atoms with E-state index < -0.39 is 0 Å². The molecule has 0 unspecified atom stereocenters. The molecule has 4 rings (SSSR count). The molecule has 1 aliphatic rings. The van der Waals surface area contributed by atoms with Gasteiger partial charge in [-0.25, -0.2) is 9.97 Å². The van der Waals surface area contributed by atoms with E-state index in [1.807, 2.05) is 6.20 Å². The Morgan fingerprint density at radius 3 is 3.09 bits per heavy atom. The fourth-order valence-corrected chi connectivity index (χ4v) is 3.48. The predicted octanol–water partition coefficient (Wildman–Crippen LogP) is 2.96. The van der Waals surface area contributed by atoms with Crippen LogP contribution >= 0.6 is 12.2 Å². The molecule has 6 heteroatoms. The van der Waals surface area contributed by atoms with Crippen LogP contribution in [0.3, 0.4) is 0 Å². The SMILES string of the molecule is Cc1nc2c(C)cccn2c1CN1CCc2[nH]c(=S)ncc2C1. The van der Waals surface area contributed by atoms with Crippen molar-refractivity contribution in [3.05, 3.63) is 57.5 Å². The zero-order chi connectivity index (χ0) is 16.0. The van der Waals surface area contributed by atoms with E-state index in [1.54, 1.807) is 0 Å². The maximum Gasteiger partial charge on any atom is 0.196 e. The molecule has 0 saturated carbocycles. The maximum absolute atomic E-state index is 5.11. The molecule has 0 amide bonds. The summed E-state index contributed by atoms with van der Waals surface area (Å²) in [6.07, 6.45) is 5.00. The summed E-state index contributed by atoms with van der Waals surface area (Å²) < 4.78 is 2.79. The molecule has 0 fully saturated rings. The fourth-order valence-electron chi connectivity index (χ4n) is 3.31. The minimum atomic E-state index is 0.574. The molecule has 0 bridgehead atoms. The Labute approximate surface area is 140 Å². The second-order valence-corrected chi connectivity index (χ2v) is 6.57. The van der Waals surface area contributed by atoms with Crippen LogP contribution in [0.25, 0.3) is 5.65 Å². The third-order valence-electron chi connectivity index (χ3n) is 4.57. The Bertz CT molecular complexity index is 940. The standard InChI is InChI=1S/C17H19N5S/c1-11-4-3-6-22-15(12(2)19-16(11)22)10-21-7-5-14-13(9-21)8-18-17(23)20-14/h3-4,6,8H,5,7,9-10H2,1-2H3,(H,18,20,23). The predicted molar refractivity (Wildman–Crippen MR) is 91.9 cm³/mol. The van der Waals surface area contributed by atoms with E-state index in [4.69, 9.17) is 17.2 Å². The molecule has 0 atom stereocenters. The number of rotatable bonds is 2. The molecule has 23 heavy (non-hydrogen) atoms. The Hall–Kier alpha value is -2.05. The summed E-state index contributed by atoms with van der Waals surface area (Å²) in [5.41, 5.74) is 7.12. The molecular weight excluding hydrogens is 306 g/mol. The van der Waals surface area contributed by atoms with Gasteiger partial charge in [0, 0.05) is 49.7 Å². The highest BCUT2D eigenvalue weighted by Crippen LogP contribution is 2.21. The number of imidazole rings is 1. The van der Waals surface area contributed by atoms with Crippen molar-refractivity contribution in [2.75, 3.05) is 6.54 Å². The topological polar surface area (TPSA) is 49.2 Å². The smallest absolute Gasteiger partial charge is 0.196 e. The molecule has 1 N–H and O–H groups in total. The number of fused-ring (bicyclic) bond motifs is 2. The van der Waals surface area contributed by atoms with Crippen LogP contribution in [0.1, 0.15) is 28.2 Å². The van der Waals surface area contributed by atoms with Gasteiger partial charge in [-0.2, -0.15) is 0 Å². The molecule has 3 aromatic rings. The number of nitrogens with one attached hydrogen (secondary N) is 1. The molecule has 118 valence electrons. The molecule has 0 aliphatic carbocycles. The normalized spacial score (nSPS) is 15.0.